The highest BCUT2D eigenvalue weighted by Crippen LogP contribution is 2.33. The average molecular weight is 271 g/mol. The molecule has 1 heterocycles. The molecule has 0 saturated heterocycles. The van der Waals surface area contributed by atoms with Gasteiger partial charge >= 0.3 is 0 Å². The first-order valence-electron chi connectivity index (χ1n) is 4.73. The van der Waals surface area contributed by atoms with Gasteiger partial charge in [0.25, 0.3) is 5.91 Å². The van der Waals surface area contributed by atoms with Gasteiger partial charge in [-0.3, -0.25) is 4.79 Å². The molecule has 2 N–H and O–H groups in total. The minimum atomic E-state index is -0.275. The standard InChI is InChI=1S/C11H8Cl2N2O2/c1-5-14-9(11(17)15-5)4-6-2-7(12)10(16)8(13)3-6/h2-4,16H,1H3,(H,14,15,17)/b9-4-. The molecular weight excluding hydrogens is 263 g/mol. The van der Waals surface area contributed by atoms with Gasteiger partial charge in [0.1, 0.15) is 11.5 Å². The summed E-state index contributed by atoms with van der Waals surface area (Å²) in [6, 6.07) is 3.01. The average Bonchev–Trinajstić information content (AvgIpc) is 2.54. The summed E-state index contributed by atoms with van der Waals surface area (Å²) in [4.78, 5) is 15.4. The van der Waals surface area contributed by atoms with Crippen LogP contribution in [0.25, 0.3) is 6.08 Å². The smallest absolute Gasteiger partial charge is 0.275 e. The lowest BCUT2D eigenvalue weighted by Crippen LogP contribution is -2.21. The zero-order chi connectivity index (χ0) is 12.6. The van der Waals surface area contributed by atoms with Gasteiger partial charge in [-0.1, -0.05) is 23.2 Å². The Morgan fingerprint density at radius 3 is 2.41 bits per heavy atom. The molecule has 1 aromatic rings. The number of amides is 1. The second-order valence-corrected chi connectivity index (χ2v) is 4.33. The van der Waals surface area contributed by atoms with Gasteiger partial charge in [-0.15, -0.1) is 0 Å². The number of hydrogen-bond donors (Lipinski definition) is 2. The summed E-state index contributed by atoms with van der Waals surface area (Å²) in [5, 5.41) is 12.2. The number of aromatic hydroxyl groups is 1. The quantitative estimate of drug-likeness (QED) is 0.771. The summed E-state index contributed by atoms with van der Waals surface area (Å²) in [6.07, 6.45) is 1.54. The molecule has 17 heavy (non-hydrogen) atoms. The number of carbonyl (C=O) groups excluding carboxylic acids is 1. The number of amidine groups is 1. The summed E-state index contributed by atoms with van der Waals surface area (Å²) in [6.45, 7) is 1.69. The van der Waals surface area contributed by atoms with Gasteiger partial charge in [-0.25, -0.2) is 4.99 Å². The van der Waals surface area contributed by atoms with Crippen LogP contribution in [0.1, 0.15) is 12.5 Å². The first-order valence-corrected chi connectivity index (χ1v) is 5.49. The van der Waals surface area contributed by atoms with E-state index in [0.29, 0.717) is 11.4 Å². The van der Waals surface area contributed by atoms with E-state index >= 15 is 0 Å². The van der Waals surface area contributed by atoms with Crippen molar-refractivity contribution in [1.29, 1.82) is 0 Å². The molecule has 0 fully saturated rings. The van der Waals surface area contributed by atoms with Crippen molar-refractivity contribution < 1.29 is 9.90 Å². The number of rotatable bonds is 1. The lowest BCUT2D eigenvalue weighted by atomic mass is 10.2. The van der Waals surface area contributed by atoms with Crippen LogP contribution >= 0.6 is 23.2 Å². The fourth-order valence-corrected chi connectivity index (χ4v) is 1.92. The van der Waals surface area contributed by atoms with Gasteiger partial charge in [0.2, 0.25) is 0 Å². The minimum Gasteiger partial charge on any atom is -0.505 e. The van der Waals surface area contributed by atoms with E-state index < -0.39 is 0 Å². The molecule has 0 aliphatic carbocycles. The predicted molar refractivity (Wildman–Crippen MR) is 67.4 cm³/mol. The van der Waals surface area contributed by atoms with Crippen LogP contribution < -0.4 is 5.32 Å². The summed E-state index contributed by atoms with van der Waals surface area (Å²) in [5.74, 6) is 0.0890. The van der Waals surface area contributed by atoms with E-state index in [1.165, 1.54) is 12.1 Å². The Morgan fingerprint density at radius 2 is 1.94 bits per heavy atom. The van der Waals surface area contributed by atoms with Crippen molar-refractivity contribution >= 4 is 41.0 Å². The van der Waals surface area contributed by atoms with Crippen LogP contribution in [-0.4, -0.2) is 16.8 Å². The Hall–Kier alpha value is -1.52. The molecule has 0 bridgehead atoms. The number of nitrogens with zero attached hydrogens (tertiary/aromatic N) is 1. The molecule has 0 atom stereocenters. The van der Waals surface area contributed by atoms with E-state index in [2.05, 4.69) is 10.3 Å². The number of phenolic OH excluding ortho intramolecular Hbond substituents is 1. The van der Waals surface area contributed by atoms with Crippen molar-refractivity contribution in [3.63, 3.8) is 0 Å². The first kappa shape index (κ1) is 12.0. The van der Waals surface area contributed by atoms with E-state index in [-0.39, 0.29) is 27.4 Å². The molecule has 0 unspecified atom stereocenters. The lowest BCUT2D eigenvalue weighted by molar-refractivity contribution is -0.115. The SMILES string of the molecule is CC1=N/C(=C\c2cc(Cl)c(O)c(Cl)c2)C(=O)N1. The lowest BCUT2D eigenvalue weighted by Gasteiger charge is -2.01. The van der Waals surface area contributed by atoms with Crippen LogP contribution in [0.15, 0.2) is 22.8 Å². The third kappa shape index (κ3) is 2.43. The van der Waals surface area contributed by atoms with E-state index in [1.54, 1.807) is 13.0 Å². The molecule has 0 saturated carbocycles. The Labute approximate surface area is 108 Å². The Bertz CT molecular complexity index is 542. The van der Waals surface area contributed by atoms with Crippen molar-refractivity contribution in [2.75, 3.05) is 0 Å². The Kier molecular flexibility index (Phi) is 3.09. The highest BCUT2D eigenvalue weighted by molar-refractivity contribution is 6.37. The zero-order valence-electron chi connectivity index (χ0n) is 8.79. The van der Waals surface area contributed by atoms with Crippen molar-refractivity contribution in [3.05, 3.63) is 33.4 Å². The fourth-order valence-electron chi connectivity index (χ4n) is 1.41. The molecule has 88 valence electrons. The minimum absolute atomic E-state index is 0.128. The van der Waals surface area contributed by atoms with Crippen LogP contribution in [0.4, 0.5) is 0 Å². The summed E-state index contributed by atoms with van der Waals surface area (Å²) >= 11 is 11.5. The maximum absolute atomic E-state index is 11.4. The van der Waals surface area contributed by atoms with Gasteiger partial charge in [0.05, 0.1) is 10.0 Å². The topological polar surface area (TPSA) is 61.7 Å². The van der Waals surface area contributed by atoms with Crippen LogP contribution in [0.3, 0.4) is 0 Å². The normalized spacial score (nSPS) is 17.2. The van der Waals surface area contributed by atoms with Gasteiger partial charge in [0.15, 0.2) is 5.75 Å². The predicted octanol–water partition coefficient (Wildman–Crippen LogP) is 2.59. The molecule has 0 spiro atoms. The molecule has 2 rings (SSSR count). The number of nitrogens with one attached hydrogen (secondary N) is 1. The summed E-state index contributed by atoms with van der Waals surface area (Å²) in [5.41, 5.74) is 0.877. The molecule has 1 aliphatic heterocycles. The first-order chi connectivity index (χ1) is 7.97. The fraction of sp³-hybridized carbons (Fsp3) is 0.0909. The molecular formula is C11H8Cl2N2O2. The summed E-state index contributed by atoms with van der Waals surface area (Å²) in [7, 11) is 0. The second kappa shape index (κ2) is 4.39. The number of benzene rings is 1. The van der Waals surface area contributed by atoms with Crippen molar-refractivity contribution in [2.45, 2.75) is 6.92 Å². The molecule has 0 radical (unpaired) electrons. The van der Waals surface area contributed by atoms with Gasteiger partial charge in [0, 0.05) is 0 Å². The molecule has 1 amide bonds. The number of phenols is 1. The van der Waals surface area contributed by atoms with Gasteiger partial charge < -0.3 is 10.4 Å². The van der Waals surface area contributed by atoms with Gasteiger partial charge in [-0.05, 0) is 30.7 Å². The number of halogens is 2. The van der Waals surface area contributed by atoms with Crippen LogP contribution in [-0.2, 0) is 4.79 Å². The number of carbonyl (C=O) groups is 1. The van der Waals surface area contributed by atoms with Crippen LogP contribution in [0, 0.1) is 0 Å². The van der Waals surface area contributed by atoms with E-state index in [0.717, 1.165) is 0 Å². The summed E-state index contributed by atoms with van der Waals surface area (Å²) < 4.78 is 0. The molecule has 4 nitrogen and oxygen atoms in total. The van der Waals surface area contributed by atoms with E-state index in [4.69, 9.17) is 23.2 Å². The molecule has 1 aromatic carbocycles. The Morgan fingerprint density at radius 1 is 1.35 bits per heavy atom. The van der Waals surface area contributed by atoms with E-state index in [1.807, 2.05) is 0 Å². The largest absolute Gasteiger partial charge is 0.505 e. The maximum Gasteiger partial charge on any atom is 0.275 e. The molecule has 1 aliphatic rings. The van der Waals surface area contributed by atoms with Gasteiger partial charge in [-0.2, -0.15) is 0 Å². The molecule has 6 heteroatoms. The second-order valence-electron chi connectivity index (χ2n) is 3.51. The third-order valence-corrected chi connectivity index (χ3v) is 2.73. The monoisotopic (exact) mass is 270 g/mol. The zero-order valence-corrected chi connectivity index (χ0v) is 10.3. The van der Waals surface area contributed by atoms with Crippen LogP contribution in [0.2, 0.25) is 10.0 Å². The Balaban J connectivity index is 2.43. The van der Waals surface area contributed by atoms with Crippen molar-refractivity contribution in [1.82, 2.24) is 5.32 Å². The maximum atomic E-state index is 11.4. The highest BCUT2D eigenvalue weighted by Gasteiger charge is 2.17. The number of hydrogen-bond acceptors (Lipinski definition) is 3. The van der Waals surface area contributed by atoms with Crippen molar-refractivity contribution in [2.24, 2.45) is 4.99 Å². The van der Waals surface area contributed by atoms with E-state index in [9.17, 15) is 9.90 Å². The van der Waals surface area contributed by atoms with Crippen molar-refractivity contribution in [3.8, 4) is 5.75 Å². The third-order valence-electron chi connectivity index (χ3n) is 2.16. The molecule has 0 aromatic heterocycles. The van der Waals surface area contributed by atoms with Crippen LogP contribution in [0.5, 0.6) is 5.75 Å². The number of aliphatic imine (C=N–C) groups is 1. The highest BCUT2D eigenvalue weighted by atomic mass is 35.5.